The van der Waals surface area contributed by atoms with E-state index in [-0.39, 0.29) is 5.60 Å². The highest BCUT2D eigenvalue weighted by molar-refractivity contribution is 5.37. The molecule has 0 aliphatic carbocycles. The van der Waals surface area contributed by atoms with Gasteiger partial charge in [0, 0.05) is 37.4 Å². The second-order valence-electron chi connectivity index (χ2n) is 5.81. The summed E-state index contributed by atoms with van der Waals surface area (Å²) < 4.78 is 11.5. The lowest BCUT2D eigenvalue weighted by Gasteiger charge is -2.37. The van der Waals surface area contributed by atoms with Crippen LogP contribution in [0.25, 0.3) is 0 Å². The number of hydrogen-bond acceptors (Lipinski definition) is 5. The predicted molar refractivity (Wildman–Crippen MR) is 76.9 cm³/mol. The maximum atomic E-state index is 5.97. The largest absolute Gasteiger partial charge is 0.378 e. The van der Waals surface area contributed by atoms with Gasteiger partial charge in [0.05, 0.1) is 12.2 Å². The van der Waals surface area contributed by atoms with Crippen molar-refractivity contribution in [2.24, 2.45) is 0 Å². The van der Waals surface area contributed by atoms with Gasteiger partial charge in [-0.15, -0.1) is 0 Å². The first-order valence-electron chi connectivity index (χ1n) is 7.52. The number of nitrogens with zero attached hydrogens (tertiary/aromatic N) is 2. The first-order valence-corrected chi connectivity index (χ1v) is 7.52. The maximum absolute atomic E-state index is 5.97. The van der Waals surface area contributed by atoms with Gasteiger partial charge in [0.1, 0.15) is 11.6 Å². The van der Waals surface area contributed by atoms with Crippen molar-refractivity contribution in [3.63, 3.8) is 0 Å². The summed E-state index contributed by atoms with van der Waals surface area (Å²) in [6.07, 6.45) is 3.96. The summed E-state index contributed by atoms with van der Waals surface area (Å²) in [6, 6.07) is 2.46. The van der Waals surface area contributed by atoms with Gasteiger partial charge in [-0.1, -0.05) is 6.92 Å². The van der Waals surface area contributed by atoms with Crippen molar-refractivity contribution in [1.29, 1.82) is 0 Å². The highest BCUT2D eigenvalue weighted by Gasteiger charge is 2.41. The van der Waals surface area contributed by atoms with Crippen LogP contribution < -0.4 is 5.32 Å². The van der Waals surface area contributed by atoms with E-state index in [0.29, 0.717) is 6.04 Å². The van der Waals surface area contributed by atoms with Crippen molar-refractivity contribution < 1.29 is 9.47 Å². The normalized spacial score (nSPS) is 29.8. The lowest BCUT2D eigenvalue weighted by molar-refractivity contribution is -0.0829. The van der Waals surface area contributed by atoms with Gasteiger partial charge >= 0.3 is 0 Å². The molecule has 5 heteroatoms. The van der Waals surface area contributed by atoms with Crippen LogP contribution in [0.5, 0.6) is 0 Å². The van der Waals surface area contributed by atoms with Crippen LogP contribution in [0.3, 0.4) is 0 Å². The zero-order valence-electron chi connectivity index (χ0n) is 12.3. The van der Waals surface area contributed by atoms with Gasteiger partial charge in [0.2, 0.25) is 0 Å². The Morgan fingerprint density at radius 3 is 3.05 bits per heavy atom. The molecule has 0 unspecified atom stereocenters. The number of anilines is 1. The fourth-order valence-corrected chi connectivity index (χ4v) is 3.11. The van der Waals surface area contributed by atoms with Crippen LogP contribution >= 0.6 is 0 Å². The lowest BCUT2D eigenvalue weighted by Crippen LogP contribution is -2.45. The summed E-state index contributed by atoms with van der Waals surface area (Å²) in [7, 11) is 0. The fraction of sp³-hybridized carbons (Fsp3) is 0.733. The van der Waals surface area contributed by atoms with E-state index in [2.05, 4.69) is 28.3 Å². The highest BCUT2D eigenvalue weighted by Crippen LogP contribution is 2.33. The van der Waals surface area contributed by atoms with E-state index in [1.807, 2.05) is 6.92 Å². The Balaban J connectivity index is 1.69. The van der Waals surface area contributed by atoms with E-state index in [1.165, 1.54) is 0 Å². The number of nitrogens with one attached hydrogen (secondary N) is 1. The molecule has 5 nitrogen and oxygen atoms in total. The summed E-state index contributed by atoms with van der Waals surface area (Å²) in [4.78, 5) is 8.92. The molecular formula is C15H23N3O2. The molecule has 0 amide bonds. The van der Waals surface area contributed by atoms with Gasteiger partial charge in [0.25, 0.3) is 0 Å². The predicted octanol–water partition coefficient (Wildman–Crippen LogP) is 2.10. The van der Waals surface area contributed by atoms with Gasteiger partial charge in [-0.2, -0.15) is 0 Å². The van der Waals surface area contributed by atoms with Gasteiger partial charge in [0.15, 0.2) is 0 Å². The summed E-state index contributed by atoms with van der Waals surface area (Å²) in [5.41, 5.74) is 1.02. The smallest absolute Gasteiger partial charge is 0.130 e. The number of aryl methyl sites for hydroxylation is 2. The molecule has 0 radical (unpaired) electrons. The van der Waals surface area contributed by atoms with E-state index < -0.39 is 0 Å². The fourth-order valence-electron chi connectivity index (χ4n) is 3.11. The number of aromatic nitrogens is 2. The van der Waals surface area contributed by atoms with E-state index in [9.17, 15) is 0 Å². The third kappa shape index (κ3) is 2.94. The van der Waals surface area contributed by atoms with Crippen LogP contribution in [0.4, 0.5) is 5.82 Å². The molecule has 110 valence electrons. The molecule has 1 aromatic heterocycles. The minimum Gasteiger partial charge on any atom is -0.378 e. The number of ether oxygens (including phenoxy) is 2. The Morgan fingerprint density at radius 1 is 1.40 bits per heavy atom. The zero-order valence-corrected chi connectivity index (χ0v) is 12.3. The van der Waals surface area contributed by atoms with Crippen molar-refractivity contribution in [2.45, 2.75) is 51.2 Å². The minimum atomic E-state index is -0.0639. The molecule has 2 aliphatic rings. The third-order valence-corrected chi connectivity index (χ3v) is 4.17. The quantitative estimate of drug-likeness (QED) is 0.917. The molecule has 0 saturated carbocycles. The molecule has 20 heavy (non-hydrogen) atoms. The van der Waals surface area contributed by atoms with Crippen molar-refractivity contribution in [3.05, 3.63) is 17.6 Å². The second kappa shape index (κ2) is 5.66. The van der Waals surface area contributed by atoms with Crippen LogP contribution in [0, 0.1) is 6.92 Å². The molecule has 0 bridgehead atoms. The van der Waals surface area contributed by atoms with Crippen molar-refractivity contribution in [2.75, 3.05) is 25.1 Å². The first kappa shape index (κ1) is 13.8. The van der Waals surface area contributed by atoms with Gasteiger partial charge in [-0.3, -0.25) is 0 Å². The molecule has 2 aliphatic heterocycles. The Morgan fingerprint density at radius 2 is 2.30 bits per heavy atom. The zero-order chi connectivity index (χ0) is 14.0. The summed E-state index contributed by atoms with van der Waals surface area (Å²) in [5.74, 6) is 1.77. The number of rotatable bonds is 3. The van der Waals surface area contributed by atoms with Crippen molar-refractivity contribution >= 4 is 5.82 Å². The third-order valence-electron chi connectivity index (χ3n) is 4.17. The van der Waals surface area contributed by atoms with Crippen LogP contribution in [0.2, 0.25) is 0 Å². The Bertz CT molecular complexity index is 472. The van der Waals surface area contributed by atoms with Crippen LogP contribution in [0.1, 0.15) is 37.7 Å². The van der Waals surface area contributed by atoms with E-state index >= 15 is 0 Å². The SMILES string of the molecule is CCc1cc(N[C@@H]2CCO[C@]3(CCOC3)C2)nc(C)n1. The molecule has 0 aromatic carbocycles. The molecule has 2 atom stereocenters. The molecule has 1 N–H and O–H groups in total. The van der Waals surface area contributed by atoms with E-state index in [4.69, 9.17) is 9.47 Å². The molecule has 2 fully saturated rings. The van der Waals surface area contributed by atoms with Gasteiger partial charge < -0.3 is 14.8 Å². The highest BCUT2D eigenvalue weighted by atomic mass is 16.6. The van der Waals surface area contributed by atoms with Gasteiger partial charge in [-0.05, 0) is 26.2 Å². The van der Waals surface area contributed by atoms with Crippen LogP contribution in [-0.4, -0.2) is 41.4 Å². The molecule has 2 saturated heterocycles. The molecule has 3 rings (SSSR count). The molecule has 1 aromatic rings. The second-order valence-corrected chi connectivity index (χ2v) is 5.81. The molecule has 1 spiro atoms. The average Bonchev–Trinajstić information content (AvgIpc) is 2.86. The average molecular weight is 277 g/mol. The molecule has 3 heterocycles. The maximum Gasteiger partial charge on any atom is 0.130 e. The Kier molecular flexibility index (Phi) is 3.89. The van der Waals surface area contributed by atoms with Crippen LogP contribution in [-0.2, 0) is 15.9 Å². The van der Waals surface area contributed by atoms with E-state index in [1.54, 1.807) is 0 Å². The summed E-state index contributed by atoms with van der Waals surface area (Å²) in [6.45, 7) is 6.41. The summed E-state index contributed by atoms with van der Waals surface area (Å²) in [5, 5.41) is 3.56. The molecular weight excluding hydrogens is 254 g/mol. The Hall–Kier alpha value is -1.20. The first-order chi connectivity index (χ1) is 9.69. The Labute approximate surface area is 120 Å². The minimum absolute atomic E-state index is 0.0639. The van der Waals surface area contributed by atoms with Crippen LogP contribution in [0.15, 0.2) is 6.07 Å². The summed E-state index contributed by atoms with van der Waals surface area (Å²) >= 11 is 0. The lowest BCUT2D eigenvalue weighted by atomic mass is 9.90. The topological polar surface area (TPSA) is 56.3 Å². The monoisotopic (exact) mass is 277 g/mol. The van der Waals surface area contributed by atoms with Crippen molar-refractivity contribution in [3.8, 4) is 0 Å². The van der Waals surface area contributed by atoms with Crippen molar-refractivity contribution in [1.82, 2.24) is 9.97 Å². The number of hydrogen-bond donors (Lipinski definition) is 1. The van der Waals surface area contributed by atoms with Gasteiger partial charge in [-0.25, -0.2) is 9.97 Å². The van der Waals surface area contributed by atoms with E-state index in [0.717, 1.165) is 62.8 Å². The standard InChI is InChI=1S/C15H23N3O2/c1-3-12-8-14(17-11(2)16-12)18-13-4-6-20-15(9-13)5-7-19-10-15/h8,13H,3-7,9-10H2,1-2H3,(H,16,17,18)/t13-,15-/m1/s1.